The number of carboxylic acid groups (broad SMARTS) is 1. The van der Waals surface area contributed by atoms with Crippen LogP contribution >= 0.6 is 11.3 Å². The van der Waals surface area contributed by atoms with Crippen LogP contribution in [0.1, 0.15) is 47.7 Å². The summed E-state index contributed by atoms with van der Waals surface area (Å²) in [4.78, 5) is 50.8. The van der Waals surface area contributed by atoms with Gasteiger partial charge in [0.25, 0.3) is 5.56 Å². The Hall–Kier alpha value is -3.24. The summed E-state index contributed by atoms with van der Waals surface area (Å²) < 4.78 is 6.95. The number of benzene rings is 1. The van der Waals surface area contributed by atoms with E-state index in [0.717, 1.165) is 20.5 Å². The molecule has 0 radical (unpaired) electrons. The number of fused-ring (bicyclic) bond motifs is 1. The van der Waals surface area contributed by atoms with E-state index in [4.69, 9.17) is 4.74 Å². The van der Waals surface area contributed by atoms with E-state index >= 15 is 0 Å². The SMILES string of the molecule is CCOC(=O)c1sc2c(c1C[C@H](O)c1ccccc1)c(=O)n(C)c(=O)n2C(C)(C)C(=O)O. The number of aliphatic hydroxyl groups excluding tert-OH is 1. The molecule has 0 saturated heterocycles. The maximum absolute atomic E-state index is 13.1. The van der Waals surface area contributed by atoms with Crippen LogP contribution in [0.25, 0.3) is 10.2 Å². The van der Waals surface area contributed by atoms with Crippen LogP contribution in [-0.2, 0) is 28.5 Å². The number of hydrogen-bond acceptors (Lipinski definition) is 7. The van der Waals surface area contributed by atoms with Gasteiger partial charge in [0, 0.05) is 13.5 Å². The molecular formula is C22H24N2O7S. The average Bonchev–Trinajstić information content (AvgIpc) is 3.11. The summed E-state index contributed by atoms with van der Waals surface area (Å²) in [7, 11) is 1.25. The van der Waals surface area contributed by atoms with Crippen LogP contribution < -0.4 is 11.2 Å². The van der Waals surface area contributed by atoms with Crippen LogP contribution in [-0.4, -0.2) is 37.9 Å². The van der Waals surface area contributed by atoms with Gasteiger partial charge in [-0.15, -0.1) is 11.3 Å². The highest BCUT2D eigenvalue weighted by atomic mass is 32.1. The van der Waals surface area contributed by atoms with Gasteiger partial charge in [-0.25, -0.2) is 14.4 Å². The van der Waals surface area contributed by atoms with Crippen molar-refractivity contribution >= 4 is 33.5 Å². The van der Waals surface area contributed by atoms with Crippen LogP contribution in [0.3, 0.4) is 0 Å². The quantitative estimate of drug-likeness (QED) is 0.516. The Kier molecular flexibility index (Phi) is 6.38. The summed E-state index contributed by atoms with van der Waals surface area (Å²) >= 11 is 0.818. The fraction of sp³-hybridized carbons (Fsp3) is 0.364. The molecule has 32 heavy (non-hydrogen) atoms. The first-order chi connectivity index (χ1) is 15.0. The van der Waals surface area contributed by atoms with Crippen LogP contribution in [0.5, 0.6) is 0 Å². The Morgan fingerprint density at radius 2 is 1.81 bits per heavy atom. The van der Waals surface area contributed by atoms with Gasteiger partial charge in [-0.3, -0.25) is 13.9 Å². The summed E-state index contributed by atoms with van der Waals surface area (Å²) in [6, 6.07) is 8.73. The lowest BCUT2D eigenvalue weighted by molar-refractivity contribution is -0.145. The molecule has 9 nitrogen and oxygen atoms in total. The molecule has 2 N–H and O–H groups in total. The van der Waals surface area contributed by atoms with Crippen molar-refractivity contribution in [2.75, 3.05) is 6.61 Å². The zero-order chi connectivity index (χ0) is 23.8. The van der Waals surface area contributed by atoms with Crippen molar-refractivity contribution in [2.24, 2.45) is 7.05 Å². The van der Waals surface area contributed by atoms with Gasteiger partial charge < -0.3 is 14.9 Å². The van der Waals surface area contributed by atoms with Gasteiger partial charge in [0.1, 0.15) is 15.2 Å². The first-order valence-corrected chi connectivity index (χ1v) is 10.7. The lowest BCUT2D eigenvalue weighted by Crippen LogP contribution is -2.48. The van der Waals surface area contributed by atoms with Crippen molar-refractivity contribution in [3.63, 3.8) is 0 Å². The number of carbonyl (C=O) groups is 2. The molecule has 0 bridgehead atoms. The maximum atomic E-state index is 13.1. The van der Waals surface area contributed by atoms with E-state index in [1.165, 1.54) is 20.9 Å². The fourth-order valence-electron chi connectivity index (χ4n) is 3.45. The van der Waals surface area contributed by atoms with E-state index in [1.807, 2.05) is 0 Å². The van der Waals surface area contributed by atoms with Gasteiger partial charge in [-0.05, 0) is 31.9 Å². The largest absolute Gasteiger partial charge is 0.480 e. The minimum Gasteiger partial charge on any atom is -0.480 e. The summed E-state index contributed by atoms with van der Waals surface area (Å²) in [5.41, 5.74) is -2.40. The second-order valence-electron chi connectivity index (χ2n) is 7.79. The molecule has 1 aromatic carbocycles. The van der Waals surface area contributed by atoms with Gasteiger partial charge >= 0.3 is 17.6 Å². The number of carbonyl (C=O) groups excluding carboxylic acids is 1. The number of thiophene rings is 1. The average molecular weight is 461 g/mol. The summed E-state index contributed by atoms with van der Waals surface area (Å²) in [5, 5.41) is 20.5. The van der Waals surface area contributed by atoms with Crippen LogP contribution in [0.15, 0.2) is 39.9 Å². The molecule has 3 aromatic rings. The number of aromatic nitrogens is 2. The molecule has 3 rings (SSSR count). The molecule has 0 amide bonds. The highest BCUT2D eigenvalue weighted by Crippen LogP contribution is 2.34. The minimum atomic E-state index is -1.70. The molecule has 1 atom stereocenters. The summed E-state index contributed by atoms with van der Waals surface area (Å²) in [5.74, 6) is -1.99. The molecule has 0 saturated carbocycles. The molecule has 0 aliphatic rings. The van der Waals surface area contributed by atoms with E-state index < -0.39 is 34.8 Å². The molecule has 0 fully saturated rings. The molecule has 0 spiro atoms. The van der Waals surface area contributed by atoms with Gasteiger partial charge in [-0.2, -0.15) is 0 Å². The Morgan fingerprint density at radius 3 is 2.38 bits per heavy atom. The maximum Gasteiger partial charge on any atom is 0.348 e. The third-order valence-electron chi connectivity index (χ3n) is 5.31. The number of aliphatic hydroxyl groups is 1. The molecule has 10 heteroatoms. The second-order valence-corrected chi connectivity index (χ2v) is 8.79. The van der Waals surface area contributed by atoms with Crippen molar-refractivity contribution in [2.45, 2.75) is 38.8 Å². The van der Waals surface area contributed by atoms with Crippen LogP contribution in [0.4, 0.5) is 0 Å². The molecule has 170 valence electrons. The lowest BCUT2D eigenvalue weighted by atomic mass is 9.99. The molecule has 2 aromatic heterocycles. The smallest absolute Gasteiger partial charge is 0.348 e. The predicted molar refractivity (Wildman–Crippen MR) is 119 cm³/mol. The first-order valence-electron chi connectivity index (χ1n) is 9.93. The molecule has 0 aliphatic heterocycles. The number of aliphatic carboxylic acids is 1. The number of ether oxygens (including phenoxy) is 1. The zero-order valence-corrected chi connectivity index (χ0v) is 18.9. The van der Waals surface area contributed by atoms with Crippen LogP contribution in [0, 0.1) is 0 Å². The number of nitrogens with zero attached hydrogens (tertiary/aromatic N) is 2. The molecule has 0 aliphatic carbocycles. The van der Waals surface area contributed by atoms with E-state index in [2.05, 4.69) is 0 Å². The fourth-order valence-corrected chi connectivity index (χ4v) is 4.81. The highest BCUT2D eigenvalue weighted by molar-refractivity contribution is 7.20. The van der Waals surface area contributed by atoms with Crippen molar-refractivity contribution in [3.8, 4) is 0 Å². The monoisotopic (exact) mass is 460 g/mol. The molecule has 2 heterocycles. The van der Waals surface area contributed by atoms with Crippen LogP contribution in [0.2, 0.25) is 0 Å². The van der Waals surface area contributed by atoms with E-state index in [-0.39, 0.29) is 33.7 Å². The number of carboxylic acids is 1. The van der Waals surface area contributed by atoms with Crippen molar-refractivity contribution in [3.05, 3.63) is 67.2 Å². The third kappa shape index (κ3) is 3.87. The summed E-state index contributed by atoms with van der Waals surface area (Å²) in [6.45, 7) is 4.39. The third-order valence-corrected chi connectivity index (χ3v) is 6.51. The van der Waals surface area contributed by atoms with E-state index in [1.54, 1.807) is 37.3 Å². The van der Waals surface area contributed by atoms with Gasteiger partial charge in [0.15, 0.2) is 0 Å². The molecular weight excluding hydrogens is 436 g/mol. The van der Waals surface area contributed by atoms with Gasteiger partial charge in [0.05, 0.1) is 18.1 Å². The normalized spacial score (nSPS) is 12.7. The predicted octanol–water partition coefficient (Wildman–Crippen LogP) is 2.03. The number of esters is 1. The van der Waals surface area contributed by atoms with Crippen molar-refractivity contribution < 1.29 is 24.5 Å². The highest BCUT2D eigenvalue weighted by Gasteiger charge is 2.36. The Morgan fingerprint density at radius 1 is 1.19 bits per heavy atom. The standard InChI is InChI=1S/C22H24N2O7S/c1-5-31-19(27)16-13(11-14(25)12-9-7-6-8-10-12)15-17(26)23(4)21(30)24(18(15)32-16)22(2,3)20(28)29/h6-10,14,25H,5,11H2,1-4H3,(H,28,29)/t14-/m0/s1. The van der Waals surface area contributed by atoms with E-state index in [9.17, 15) is 29.4 Å². The minimum absolute atomic E-state index is 0.0180. The van der Waals surface area contributed by atoms with Gasteiger partial charge in [0.2, 0.25) is 0 Å². The number of hydrogen-bond donors (Lipinski definition) is 2. The Bertz CT molecular complexity index is 1300. The zero-order valence-electron chi connectivity index (χ0n) is 18.1. The van der Waals surface area contributed by atoms with Crippen molar-refractivity contribution in [1.29, 1.82) is 0 Å². The lowest BCUT2D eigenvalue weighted by Gasteiger charge is -2.23. The topological polar surface area (TPSA) is 128 Å². The Balaban J connectivity index is 2.39. The second kappa shape index (κ2) is 8.71. The number of rotatable bonds is 7. The van der Waals surface area contributed by atoms with Gasteiger partial charge in [-0.1, -0.05) is 30.3 Å². The first kappa shape index (κ1) is 23.4. The Labute approximate surface area is 187 Å². The molecule has 0 unspecified atom stereocenters. The van der Waals surface area contributed by atoms with E-state index in [0.29, 0.717) is 5.56 Å². The summed E-state index contributed by atoms with van der Waals surface area (Å²) in [6.07, 6.45) is -1.14. The van der Waals surface area contributed by atoms with Crippen molar-refractivity contribution in [1.82, 2.24) is 9.13 Å².